The fraction of sp³-hybridized carbons (Fsp3) is 0.0476. The zero-order valence-electron chi connectivity index (χ0n) is 14.3. The fourth-order valence-corrected chi connectivity index (χ4v) is 2.80. The van der Waals surface area contributed by atoms with Gasteiger partial charge in [-0.15, -0.1) is 0 Å². The van der Waals surface area contributed by atoms with Crippen LogP contribution < -0.4 is 15.9 Å². The monoisotopic (exact) mass is 360 g/mol. The first-order chi connectivity index (χ1) is 13.2. The van der Waals surface area contributed by atoms with E-state index >= 15 is 0 Å². The maximum atomic E-state index is 12.4. The Hall–Kier alpha value is -3.80. The number of hydrogen-bond acceptors (Lipinski definition) is 4. The van der Waals surface area contributed by atoms with E-state index in [-0.39, 0.29) is 16.9 Å². The molecule has 134 valence electrons. The molecular weight excluding hydrogens is 344 g/mol. The first kappa shape index (κ1) is 16.7. The minimum atomic E-state index is -0.388. The van der Waals surface area contributed by atoms with Crippen LogP contribution in [0.5, 0.6) is 11.5 Å². The predicted octanol–water partition coefficient (Wildman–Crippen LogP) is 3.71. The first-order valence-corrected chi connectivity index (χ1v) is 8.41. The molecule has 4 aromatic rings. The lowest BCUT2D eigenvalue weighted by molar-refractivity contribution is 0.425. The molecule has 2 N–H and O–H groups in total. The highest BCUT2D eigenvalue weighted by atomic mass is 16.5. The molecule has 0 saturated heterocycles. The molecule has 6 nitrogen and oxygen atoms in total. The average molecular weight is 360 g/mol. The Morgan fingerprint density at radius 3 is 2.41 bits per heavy atom. The molecule has 0 atom stereocenters. The summed E-state index contributed by atoms with van der Waals surface area (Å²) in [5.41, 5.74) is 1.26. The third kappa shape index (κ3) is 3.74. The third-order valence-corrected chi connectivity index (χ3v) is 4.08. The smallest absolute Gasteiger partial charge is 0.280 e. The van der Waals surface area contributed by atoms with Crippen molar-refractivity contribution in [3.8, 4) is 22.8 Å². The Morgan fingerprint density at radius 2 is 1.67 bits per heavy atom. The number of ether oxygens (including phenoxy) is 1. The van der Waals surface area contributed by atoms with Gasteiger partial charge >= 0.3 is 0 Å². The second-order valence-corrected chi connectivity index (χ2v) is 6.00. The van der Waals surface area contributed by atoms with Crippen molar-refractivity contribution in [2.45, 2.75) is 6.42 Å². The van der Waals surface area contributed by atoms with Gasteiger partial charge in [0.15, 0.2) is 5.76 Å². The summed E-state index contributed by atoms with van der Waals surface area (Å²) in [6.45, 7) is 0. The lowest BCUT2D eigenvalue weighted by atomic mass is 10.1. The standard InChI is InChI=1S/C21H16N2O4/c24-20-13-19(27-23-20)17-11-10-15(22-21(17)25)12-14-6-4-5-9-18(14)26-16-7-2-1-3-8-16/h1-11,13H,12H2,(H,22,25)(H,23,24). The van der Waals surface area contributed by atoms with Crippen LogP contribution in [0.2, 0.25) is 0 Å². The Balaban J connectivity index is 1.60. The second kappa shape index (κ2) is 7.21. The zero-order chi connectivity index (χ0) is 18.6. The molecule has 4 rings (SSSR count). The van der Waals surface area contributed by atoms with Crippen molar-refractivity contribution in [3.05, 3.63) is 105 Å². The van der Waals surface area contributed by atoms with Gasteiger partial charge in [0.05, 0.1) is 11.6 Å². The van der Waals surface area contributed by atoms with Crippen LogP contribution in [-0.4, -0.2) is 10.1 Å². The van der Waals surface area contributed by atoms with Crippen LogP contribution in [0.25, 0.3) is 11.3 Å². The molecule has 0 radical (unpaired) electrons. The van der Waals surface area contributed by atoms with Crippen molar-refractivity contribution in [1.29, 1.82) is 0 Å². The normalized spacial score (nSPS) is 10.7. The van der Waals surface area contributed by atoms with Crippen LogP contribution in [0, 0.1) is 0 Å². The largest absolute Gasteiger partial charge is 0.457 e. The highest BCUT2D eigenvalue weighted by Gasteiger charge is 2.11. The molecule has 2 heterocycles. The van der Waals surface area contributed by atoms with Gasteiger partial charge in [-0.1, -0.05) is 36.4 Å². The lowest BCUT2D eigenvalue weighted by Crippen LogP contribution is -2.11. The van der Waals surface area contributed by atoms with Crippen molar-refractivity contribution in [2.24, 2.45) is 0 Å². The van der Waals surface area contributed by atoms with Gasteiger partial charge in [-0.25, -0.2) is 0 Å². The van der Waals surface area contributed by atoms with Crippen molar-refractivity contribution in [1.82, 2.24) is 10.1 Å². The highest BCUT2D eigenvalue weighted by Crippen LogP contribution is 2.26. The molecule has 0 aliphatic rings. The average Bonchev–Trinajstić information content (AvgIpc) is 3.10. The molecule has 2 aromatic carbocycles. The Morgan fingerprint density at radius 1 is 0.889 bits per heavy atom. The quantitative estimate of drug-likeness (QED) is 0.568. The van der Waals surface area contributed by atoms with Crippen LogP contribution in [0.1, 0.15) is 11.3 Å². The molecule has 2 aromatic heterocycles. The van der Waals surface area contributed by atoms with E-state index in [1.54, 1.807) is 12.1 Å². The van der Waals surface area contributed by atoms with Gasteiger partial charge in [0.25, 0.3) is 11.1 Å². The number of benzene rings is 2. The highest BCUT2D eigenvalue weighted by molar-refractivity contribution is 5.55. The van der Waals surface area contributed by atoms with Crippen LogP contribution >= 0.6 is 0 Å². The Kier molecular flexibility index (Phi) is 4.45. The van der Waals surface area contributed by atoms with Crippen LogP contribution in [-0.2, 0) is 6.42 Å². The summed E-state index contributed by atoms with van der Waals surface area (Å²) in [6, 6.07) is 21.9. The number of para-hydroxylation sites is 2. The molecule has 0 spiro atoms. The maximum absolute atomic E-state index is 12.4. The molecular formula is C21H16N2O4. The number of hydrogen-bond donors (Lipinski definition) is 2. The van der Waals surface area contributed by atoms with Gasteiger partial charge in [0, 0.05) is 17.7 Å². The molecule has 0 aliphatic heterocycles. The van der Waals surface area contributed by atoms with Crippen molar-refractivity contribution < 1.29 is 9.26 Å². The lowest BCUT2D eigenvalue weighted by Gasteiger charge is -2.11. The molecule has 0 unspecified atom stereocenters. The predicted molar refractivity (Wildman–Crippen MR) is 101 cm³/mol. The maximum Gasteiger partial charge on any atom is 0.280 e. The van der Waals surface area contributed by atoms with Gasteiger partial charge < -0.3 is 14.2 Å². The molecule has 6 heteroatoms. The van der Waals surface area contributed by atoms with Gasteiger partial charge in [-0.3, -0.25) is 9.59 Å². The summed E-state index contributed by atoms with van der Waals surface area (Å²) in [6.07, 6.45) is 0.496. The number of nitrogens with one attached hydrogen (secondary N) is 2. The van der Waals surface area contributed by atoms with Crippen molar-refractivity contribution in [3.63, 3.8) is 0 Å². The Bertz CT molecular complexity index is 1170. The summed E-state index contributed by atoms with van der Waals surface area (Å²) in [5, 5.41) is 2.18. The minimum Gasteiger partial charge on any atom is -0.457 e. The van der Waals surface area contributed by atoms with E-state index in [0.717, 1.165) is 22.8 Å². The van der Waals surface area contributed by atoms with E-state index < -0.39 is 0 Å². The number of rotatable bonds is 5. The van der Waals surface area contributed by atoms with E-state index in [9.17, 15) is 9.59 Å². The van der Waals surface area contributed by atoms with E-state index in [1.165, 1.54) is 6.07 Å². The molecule has 0 bridgehead atoms. The van der Waals surface area contributed by atoms with Crippen molar-refractivity contribution in [2.75, 3.05) is 0 Å². The number of aromatic nitrogens is 2. The van der Waals surface area contributed by atoms with E-state index in [1.807, 2.05) is 54.6 Å². The first-order valence-electron chi connectivity index (χ1n) is 8.41. The SMILES string of the molecule is O=c1cc(-c2ccc(Cc3ccccc3Oc3ccccc3)[nH]c2=O)o[nH]1. The molecule has 0 fully saturated rings. The van der Waals surface area contributed by atoms with E-state index in [2.05, 4.69) is 10.1 Å². The van der Waals surface area contributed by atoms with Gasteiger partial charge in [0.1, 0.15) is 11.5 Å². The Labute approximate surface area is 154 Å². The minimum absolute atomic E-state index is 0.209. The van der Waals surface area contributed by atoms with Gasteiger partial charge in [-0.05, 0) is 30.3 Å². The molecule has 0 saturated carbocycles. The van der Waals surface area contributed by atoms with Crippen LogP contribution in [0.15, 0.2) is 86.9 Å². The fourth-order valence-electron chi connectivity index (χ4n) is 2.80. The number of pyridine rings is 1. The number of H-pyrrole nitrogens is 2. The van der Waals surface area contributed by atoms with Crippen molar-refractivity contribution >= 4 is 0 Å². The number of aromatic amines is 2. The summed E-state index contributed by atoms with van der Waals surface area (Å²) >= 11 is 0. The van der Waals surface area contributed by atoms with Gasteiger partial charge in [-0.2, -0.15) is 5.16 Å². The second-order valence-electron chi connectivity index (χ2n) is 6.00. The summed E-state index contributed by atoms with van der Waals surface area (Å²) in [5.74, 6) is 1.68. The topological polar surface area (TPSA) is 88.1 Å². The van der Waals surface area contributed by atoms with Gasteiger partial charge in [0.2, 0.25) is 0 Å². The molecule has 0 aliphatic carbocycles. The summed E-state index contributed by atoms with van der Waals surface area (Å²) < 4.78 is 11.0. The van der Waals surface area contributed by atoms with Crippen LogP contribution in [0.4, 0.5) is 0 Å². The zero-order valence-corrected chi connectivity index (χ0v) is 14.3. The third-order valence-electron chi connectivity index (χ3n) is 4.08. The molecule has 0 amide bonds. The summed E-state index contributed by atoms with van der Waals surface area (Å²) in [4.78, 5) is 26.4. The van der Waals surface area contributed by atoms with E-state index in [4.69, 9.17) is 9.26 Å². The van der Waals surface area contributed by atoms with E-state index in [0.29, 0.717) is 12.0 Å². The molecule has 27 heavy (non-hydrogen) atoms. The summed E-state index contributed by atoms with van der Waals surface area (Å²) in [7, 11) is 0. The van der Waals surface area contributed by atoms with Crippen LogP contribution in [0.3, 0.4) is 0 Å².